The average Bonchev–Trinajstić information content (AvgIpc) is 2.69. The minimum atomic E-state index is -0.0909. The van der Waals surface area contributed by atoms with E-state index in [0.29, 0.717) is 5.13 Å². The van der Waals surface area contributed by atoms with Gasteiger partial charge >= 0.3 is 0 Å². The molecule has 0 saturated heterocycles. The second kappa shape index (κ2) is 4.67. The first kappa shape index (κ1) is 11.8. The van der Waals surface area contributed by atoms with Gasteiger partial charge in [0.05, 0.1) is 4.88 Å². The van der Waals surface area contributed by atoms with Gasteiger partial charge in [0.2, 0.25) is 5.91 Å². The number of nitrogens with zero attached hydrogens (tertiary/aromatic N) is 1. The summed E-state index contributed by atoms with van der Waals surface area (Å²) in [5.74, 6) is -0.0909. The molecule has 1 amide bonds. The predicted molar refractivity (Wildman–Crippen MR) is 71.3 cm³/mol. The highest BCUT2D eigenvalue weighted by molar-refractivity contribution is 7.19. The molecule has 0 aliphatic carbocycles. The van der Waals surface area contributed by atoms with E-state index >= 15 is 0 Å². The van der Waals surface area contributed by atoms with Crippen LogP contribution in [0.1, 0.15) is 18.1 Å². The van der Waals surface area contributed by atoms with E-state index in [4.69, 9.17) is 0 Å². The van der Waals surface area contributed by atoms with Crippen molar-refractivity contribution in [2.24, 2.45) is 0 Å². The number of rotatable bonds is 2. The van der Waals surface area contributed by atoms with Crippen LogP contribution in [-0.4, -0.2) is 10.9 Å². The molecule has 0 radical (unpaired) electrons. The van der Waals surface area contributed by atoms with Crippen LogP contribution in [0.3, 0.4) is 0 Å². The number of benzene rings is 1. The molecular weight excluding hydrogens is 232 g/mol. The molecule has 0 bridgehead atoms. The third-order valence-corrected chi connectivity index (χ3v) is 3.39. The molecule has 0 aliphatic rings. The number of carbonyl (C=O) groups is 1. The molecule has 2 rings (SSSR count). The average molecular weight is 246 g/mol. The summed E-state index contributed by atoms with van der Waals surface area (Å²) in [6.07, 6.45) is 1.80. The zero-order valence-corrected chi connectivity index (χ0v) is 10.9. The van der Waals surface area contributed by atoms with Gasteiger partial charge in [0.1, 0.15) is 0 Å². The number of hydrogen-bond donors (Lipinski definition) is 1. The number of hydrogen-bond acceptors (Lipinski definition) is 3. The molecule has 1 heterocycles. The van der Waals surface area contributed by atoms with Gasteiger partial charge in [-0.05, 0) is 25.0 Å². The Labute approximate surface area is 105 Å². The predicted octanol–water partition coefficient (Wildman–Crippen LogP) is 3.39. The van der Waals surface area contributed by atoms with Crippen LogP contribution in [0, 0.1) is 13.8 Å². The lowest BCUT2D eigenvalue weighted by Gasteiger charge is -2.03. The Kier molecular flexibility index (Phi) is 3.24. The number of amides is 1. The maximum atomic E-state index is 10.9. The van der Waals surface area contributed by atoms with Gasteiger partial charge in [0, 0.05) is 13.1 Å². The van der Waals surface area contributed by atoms with Gasteiger partial charge in [0.15, 0.2) is 5.13 Å². The van der Waals surface area contributed by atoms with Gasteiger partial charge in [-0.3, -0.25) is 4.79 Å². The highest BCUT2D eigenvalue weighted by atomic mass is 32.1. The van der Waals surface area contributed by atoms with Crippen LogP contribution in [0.25, 0.3) is 10.4 Å². The SMILES string of the molecule is CC(=O)Nc1ncc(-c2cc(C)ccc2C)s1. The zero-order valence-electron chi connectivity index (χ0n) is 10.1. The van der Waals surface area contributed by atoms with Crippen molar-refractivity contribution in [3.63, 3.8) is 0 Å². The van der Waals surface area contributed by atoms with Crippen LogP contribution in [0.4, 0.5) is 5.13 Å². The molecule has 0 fully saturated rings. The fraction of sp³-hybridized carbons (Fsp3) is 0.231. The molecule has 88 valence electrons. The molecule has 0 unspecified atom stereocenters. The van der Waals surface area contributed by atoms with E-state index in [9.17, 15) is 4.79 Å². The largest absolute Gasteiger partial charge is 0.302 e. The Balaban J connectivity index is 2.36. The lowest BCUT2D eigenvalue weighted by Crippen LogP contribution is -2.04. The highest BCUT2D eigenvalue weighted by Crippen LogP contribution is 2.31. The van der Waals surface area contributed by atoms with Crippen LogP contribution < -0.4 is 5.32 Å². The fourth-order valence-corrected chi connectivity index (χ4v) is 2.55. The monoisotopic (exact) mass is 246 g/mol. The van der Waals surface area contributed by atoms with E-state index in [1.807, 2.05) is 0 Å². The van der Waals surface area contributed by atoms with E-state index in [1.165, 1.54) is 35.0 Å². The number of aryl methyl sites for hydroxylation is 2. The number of thiazole rings is 1. The number of carbonyl (C=O) groups excluding carboxylic acids is 1. The van der Waals surface area contributed by atoms with E-state index in [1.54, 1.807) is 6.20 Å². The summed E-state index contributed by atoms with van der Waals surface area (Å²) in [6.45, 7) is 5.63. The Morgan fingerprint density at radius 2 is 2.12 bits per heavy atom. The summed E-state index contributed by atoms with van der Waals surface area (Å²) in [7, 11) is 0. The van der Waals surface area contributed by atoms with Crippen molar-refractivity contribution in [2.75, 3.05) is 5.32 Å². The van der Waals surface area contributed by atoms with E-state index in [-0.39, 0.29) is 5.91 Å². The Morgan fingerprint density at radius 3 is 2.82 bits per heavy atom. The summed E-state index contributed by atoms with van der Waals surface area (Å²) in [4.78, 5) is 16.2. The van der Waals surface area contributed by atoms with Crippen molar-refractivity contribution < 1.29 is 4.79 Å². The third kappa shape index (κ3) is 2.71. The molecular formula is C13H14N2OS. The van der Waals surface area contributed by atoms with Gasteiger partial charge in [0.25, 0.3) is 0 Å². The molecule has 2 aromatic rings. The summed E-state index contributed by atoms with van der Waals surface area (Å²) in [6, 6.07) is 6.33. The van der Waals surface area contributed by atoms with Gasteiger partial charge in [-0.1, -0.05) is 35.1 Å². The maximum Gasteiger partial charge on any atom is 0.223 e. The third-order valence-electron chi connectivity index (χ3n) is 2.45. The molecule has 0 aliphatic heterocycles. The topological polar surface area (TPSA) is 42.0 Å². The summed E-state index contributed by atoms with van der Waals surface area (Å²) in [5, 5.41) is 3.34. The van der Waals surface area contributed by atoms with Crippen LogP contribution in [0.2, 0.25) is 0 Å². The van der Waals surface area contributed by atoms with Gasteiger partial charge in [-0.25, -0.2) is 4.98 Å². The number of anilines is 1. The number of nitrogens with one attached hydrogen (secondary N) is 1. The highest BCUT2D eigenvalue weighted by Gasteiger charge is 2.07. The standard InChI is InChI=1S/C13H14N2OS/c1-8-4-5-9(2)11(6-8)12-7-14-13(17-12)15-10(3)16/h4-7H,1-3H3,(H,14,15,16). The fourth-order valence-electron chi connectivity index (χ4n) is 1.61. The minimum Gasteiger partial charge on any atom is -0.302 e. The van der Waals surface area contributed by atoms with Crippen LogP contribution in [0.15, 0.2) is 24.4 Å². The number of aromatic nitrogens is 1. The smallest absolute Gasteiger partial charge is 0.223 e. The van der Waals surface area contributed by atoms with Crippen LogP contribution in [0.5, 0.6) is 0 Å². The van der Waals surface area contributed by atoms with Crippen LogP contribution in [-0.2, 0) is 4.79 Å². The Hall–Kier alpha value is -1.68. The molecule has 17 heavy (non-hydrogen) atoms. The van der Waals surface area contributed by atoms with Crippen molar-refractivity contribution >= 4 is 22.4 Å². The van der Waals surface area contributed by atoms with Crippen molar-refractivity contribution in [3.8, 4) is 10.4 Å². The summed E-state index contributed by atoms with van der Waals surface area (Å²) in [5.41, 5.74) is 3.62. The normalized spacial score (nSPS) is 10.3. The first-order valence-electron chi connectivity index (χ1n) is 5.37. The van der Waals surface area contributed by atoms with E-state index < -0.39 is 0 Å². The second-order valence-electron chi connectivity index (χ2n) is 4.03. The van der Waals surface area contributed by atoms with Crippen molar-refractivity contribution in [1.82, 2.24) is 4.98 Å². The van der Waals surface area contributed by atoms with E-state index in [0.717, 1.165) is 4.88 Å². The Bertz CT molecular complexity index is 560. The van der Waals surface area contributed by atoms with Gasteiger partial charge in [-0.15, -0.1) is 0 Å². The Morgan fingerprint density at radius 1 is 1.35 bits per heavy atom. The first-order chi connectivity index (χ1) is 8.06. The maximum absolute atomic E-state index is 10.9. The molecule has 0 atom stereocenters. The van der Waals surface area contributed by atoms with Crippen molar-refractivity contribution in [3.05, 3.63) is 35.5 Å². The van der Waals surface area contributed by atoms with Gasteiger partial charge in [-0.2, -0.15) is 0 Å². The molecule has 4 heteroatoms. The molecule has 1 aromatic carbocycles. The second-order valence-corrected chi connectivity index (χ2v) is 5.06. The lowest BCUT2D eigenvalue weighted by molar-refractivity contribution is -0.114. The summed E-state index contributed by atoms with van der Waals surface area (Å²) < 4.78 is 0. The summed E-state index contributed by atoms with van der Waals surface area (Å²) >= 11 is 1.49. The van der Waals surface area contributed by atoms with Gasteiger partial charge < -0.3 is 5.32 Å². The molecule has 3 nitrogen and oxygen atoms in total. The van der Waals surface area contributed by atoms with Crippen molar-refractivity contribution in [2.45, 2.75) is 20.8 Å². The zero-order chi connectivity index (χ0) is 12.4. The first-order valence-corrected chi connectivity index (χ1v) is 6.19. The van der Waals surface area contributed by atoms with Crippen LogP contribution >= 0.6 is 11.3 Å². The molecule has 1 aromatic heterocycles. The molecule has 0 saturated carbocycles. The molecule has 1 N–H and O–H groups in total. The minimum absolute atomic E-state index is 0.0909. The quantitative estimate of drug-likeness (QED) is 0.882. The lowest BCUT2D eigenvalue weighted by atomic mass is 10.1. The van der Waals surface area contributed by atoms with E-state index in [2.05, 4.69) is 42.3 Å². The van der Waals surface area contributed by atoms with Crippen molar-refractivity contribution in [1.29, 1.82) is 0 Å². The molecule has 0 spiro atoms.